The monoisotopic (exact) mass is 279 g/mol. The van der Waals surface area contributed by atoms with Crippen molar-refractivity contribution in [2.24, 2.45) is 5.73 Å². The van der Waals surface area contributed by atoms with Crippen molar-refractivity contribution in [2.75, 3.05) is 7.11 Å². The molecule has 0 fully saturated rings. The van der Waals surface area contributed by atoms with E-state index in [-0.39, 0.29) is 11.6 Å². The number of hydrogen-bond acceptors (Lipinski definition) is 4. The SMILES string of the molecule is COc1ccc(Cl)cc1-c1cc(C(C)N)c(=O)[nH]n1. The zero-order chi connectivity index (χ0) is 14.0. The predicted octanol–water partition coefficient (Wildman–Crippen LogP) is 2.12. The summed E-state index contributed by atoms with van der Waals surface area (Å²) < 4.78 is 5.26. The van der Waals surface area contributed by atoms with Crippen molar-refractivity contribution < 1.29 is 4.74 Å². The molecular weight excluding hydrogens is 266 g/mol. The molecule has 2 aromatic rings. The predicted molar refractivity (Wildman–Crippen MR) is 74.5 cm³/mol. The van der Waals surface area contributed by atoms with Crippen LogP contribution in [0.3, 0.4) is 0 Å². The van der Waals surface area contributed by atoms with Gasteiger partial charge < -0.3 is 10.5 Å². The summed E-state index contributed by atoms with van der Waals surface area (Å²) >= 11 is 5.98. The Morgan fingerprint density at radius 2 is 2.16 bits per heavy atom. The molecule has 1 unspecified atom stereocenters. The molecule has 0 amide bonds. The lowest BCUT2D eigenvalue weighted by molar-refractivity contribution is 0.416. The third kappa shape index (κ3) is 2.77. The summed E-state index contributed by atoms with van der Waals surface area (Å²) in [6.45, 7) is 1.74. The van der Waals surface area contributed by atoms with Crippen LogP contribution in [0.25, 0.3) is 11.3 Å². The van der Waals surface area contributed by atoms with Gasteiger partial charge >= 0.3 is 0 Å². The van der Waals surface area contributed by atoms with Gasteiger partial charge in [0.05, 0.1) is 12.8 Å². The summed E-state index contributed by atoms with van der Waals surface area (Å²) in [5.41, 5.74) is 7.19. The first-order chi connectivity index (χ1) is 9.02. The van der Waals surface area contributed by atoms with Gasteiger partial charge in [-0.05, 0) is 31.2 Å². The molecule has 19 heavy (non-hydrogen) atoms. The number of aromatic nitrogens is 2. The van der Waals surface area contributed by atoms with Crippen LogP contribution in [0.2, 0.25) is 5.02 Å². The second-order valence-corrected chi connectivity index (χ2v) is 4.61. The van der Waals surface area contributed by atoms with Crippen LogP contribution in [0.4, 0.5) is 0 Å². The molecule has 5 nitrogen and oxygen atoms in total. The highest BCUT2D eigenvalue weighted by atomic mass is 35.5. The fourth-order valence-corrected chi connectivity index (χ4v) is 1.95. The molecule has 3 N–H and O–H groups in total. The number of nitrogens with zero attached hydrogens (tertiary/aromatic N) is 1. The van der Waals surface area contributed by atoms with Crippen LogP contribution >= 0.6 is 11.6 Å². The largest absolute Gasteiger partial charge is 0.496 e. The van der Waals surface area contributed by atoms with E-state index in [1.165, 1.54) is 0 Å². The molecule has 0 aliphatic rings. The molecule has 100 valence electrons. The number of methoxy groups -OCH3 is 1. The lowest BCUT2D eigenvalue weighted by atomic mass is 10.1. The molecule has 0 saturated heterocycles. The van der Waals surface area contributed by atoms with Crippen molar-refractivity contribution in [2.45, 2.75) is 13.0 Å². The van der Waals surface area contributed by atoms with E-state index in [0.717, 1.165) is 0 Å². The van der Waals surface area contributed by atoms with E-state index < -0.39 is 0 Å². The number of H-pyrrole nitrogens is 1. The number of nitrogens with two attached hydrogens (primary N) is 1. The molecule has 0 saturated carbocycles. The summed E-state index contributed by atoms with van der Waals surface area (Å²) in [5, 5.41) is 7.01. The molecule has 1 aromatic carbocycles. The molecule has 0 aliphatic heterocycles. The second kappa shape index (κ2) is 5.42. The van der Waals surface area contributed by atoms with Gasteiger partial charge in [-0.15, -0.1) is 0 Å². The number of halogens is 1. The van der Waals surface area contributed by atoms with E-state index in [2.05, 4.69) is 10.2 Å². The highest BCUT2D eigenvalue weighted by Gasteiger charge is 2.12. The van der Waals surface area contributed by atoms with Crippen LogP contribution in [0, 0.1) is 0 Å². The topological polar surface area (TPSA) is 81.0 Å². The molecule has 0 radical (unpaired) electrons. The Hall–Kier alpha value is -1.85. The van der Waals surface area contributed by atoms with Crippen LogP contribution in [-0.4, -0.2) is 17.3 Å². The van der Waals surface area contributed by atoms with Gasteiger partial charge in [-0.1, -0.05) is 11.6 Å². The Kier molecular flexibility index (Phi) is 3.87. The van der Waals surface area contributed by atoms with E-state index in [0.29, 0.717) is 27.6 Å². The zero-order valence-corrected chi connectivity index (χ0v) is 11.4. The number of aromatic amines is 1. The van der Waals surface area contributed by atoms with E-state index >= 15 is 0 Å². The lowest BCUT2D eigenvalue weighted by Crippen LogP contribution is -2.20. The van der Waals surface area contributed by atoms with Crippen LogP contribution in [0.1, 0.15) is 18.5 Å². The van der Waals surface area contributed by atoms with Crippen molar-refractivity contribution in [3.63, 3.8) is 0 Å². The number of nitrogens with one attached hydrogen (secondary N) is 1. The van der Waals surface area contributed by atoms with Crippen molar-refractivity contribution in [3.05, 3.63) is 45.2 Å². The molecule has 1 heterocycles. The van der Waals surface area contributed by atoms with E-state index in [9.17, 15) is 4.79 Å². The van der Waals surface area contributed by atoms with Gasteiger partial charge in [0.15, 0.2) is 0 Å². The number of benzene rings is 1. The van der Waals surface area contributed by atoms with Crippen LogP contribution in [0.15, 0.2) is 29.1 Å². The second-order valence-electron chi connectivity index (χ2n) is 4.17. The Balaban J connectivity index is 2.62. The van der Waals surface area contributed by atoms with Gasteiger partial charge in [0, 0.05) is 22.2 Å². The van der Waals surface area contributed by atoms with Crippen molar-refractivity contribution in [3.8, 4) is 17.0 Å². The Bertz CT molecular complexity index is 653. The minimum absolute atomic E-state index is 0.292. The van der Waals surface area contributed by atoms with E-state index in [1.807, 2.05) is 0 Å². The molecule has 0 bridgehead atoms. The Labute approximate surface area is 115 Å². The molecule has 1 atom stereocenters. The zero-order valence-electron chi connectivity index (χ0n) is 10.6. The van der Waals surface area contributed by atoms with Gasteiger partial charge in [-0.3, -0.25) is 4.79 Å². The number of hydrogen-bond donors (Lipinski definition) is 2. The quantitative estimate of drug-likeness (QED) is 0.902. The number of rotatable bonds is 3. The summed E-state index contributed by atoms with van der Waals surface area (Å²) in [6.07, 6.45) is 0. The highest BCUT2D eigenvalue weighted by molar-refractivity contribution is 6.30. The van der Waals surface area contributed by atoms with Gasteiger partial charge in [0.1, 0.15) is 5.75 Å². The molecule has 1 aromatic heterocycles. The average Bonchev–Trinajstić information content (AvgIpc) is 2.39. The maximum Gasteiger partial charge on any atom is 0.268 e. The summed E-state index contributed by atoms with van der Waals surface area (Å²) in [5.74, 6) is 0.625. The maximum absolute atomic E-state index is 11.6. The first-order valence-corrected chi connectivity index (χ1v) is 6.10. The third-order valence-electron chi connectivity index (χ3n) is 2.76. The van der Waals surface area contributed by atoms with Gasteiger partial charge in [-0.2, -0.15) is 5.10 Å². The fraction of sp³-hybridized carbons (Fsp3) is 0.231. The standard InChI is InChI=1S/C13H14ClN3O2/c1-7(15)9-6-11(16-17-13(9)18)10-5-8(14)3-4-12(10)19-2/h3-7H,15H2,1-2H3,(H,17,18). The molecule has 0 spiro atoms. The third-order valence-corrected chi connectivity index (χ3v) is 3.00. The average molecular weight is 280 g/mol. The molecule has 0 aliphatic carbocycles. The maximum atomic E-state index is 11.6. The minimum Gasteiger partial charge on any atom is -0.496 e. The minimum atomic E-state index is -0.379. The first-order valence-electron chi connectivity index (χ1n) is 5.72. The highest BCUT2D eigenvalue weighted by Crippen LogP contribution is 2.31. The fourth-order valence-electron chi connectivity index (χ4n) is 1.78. The lowest BCUT2D eigenvalue weighted by Gasteiger charge is -2.10. The smallest absolute Gasteiger partial charge is 0.268 e. The van der Waals surface area contributed by atoms with Crippen molar-refractivity contribution in [1.29, 1.82) is 0 Å². The molecule has 6 heteroatoms. The van der Waals surface area contributed by atoms with Crippen molar-refractivity contribution in [1.82, 2.24) is 10.2 Å². The van der Waals surface area contributed by atoms with Crippen LogP contribution in [0.5, 0.6) is 5.75 Å². The van der Waals surface area contributed by atoms with Gasteiger partial charge in [-0.25, -0.2) is 5.10 Å². The van der Waals surface area contributed by atoms with Gasteiger partial charge in [0.2, 0.25) is 0 Å². The van der Waals surface area contributed by atoms with E-state index in [4.69, 9.17) is 22.1 Å². The molecule has 2 rings (SSSR count). The Morgan fingerprint density at radius 3 is 2.79 bits per heavy atom. The van der Waals surface area contributed by atoms with E-state index in [1.54, 1.807) is 38.3 Å². The van der Waals surface area contributed by atoms with Crippen LogP contribution in [-0.2, 0) is 0 Å². The Morgan fingerprint density at radius 1 is 1.42 bits per heavy atom. The summed E-state index contributed by atoms with van der Waals surface area (Å²) in [4.78, 5) is 11.6. The van der Waals surface area contributed by atoms with Crippen molar-refractivity contribution >= 4 is 11.6 Å². The first kappa shape index (κ1) is 13.6. The summed E-state index contributed by atoms with van der Waals surface area (Å²) in [7, 11) is 1.56. The normalized spacial score (nSPS) is 12.2. The van der Waals surface area contributed by atoms with Crippen LogP contribution < -0.4 is 16.0 Å². The summed E-state index contributed by atoms with van der Waals surface area (Å²) in [6, 6.07) is 6.47. The molecular formula is C13H14ClN3O2. The number of ether oxygens (including phenoxy) is 1. The van der Waals surface area contributed by atoms with Gasteiger partial charge in [0.25, 0.3) is 5.56 Å².